The monoisotopic (exact) mass is 284 g/mol. The molecule has 0 heterocycles. The summed E-state index contributed by atoms with van der Waals surface area (Å²) in [6.07, 6.45) is 0. The molecule has 0 unspecified atom stereocenters. The predicted octanol–water partition coefficient (Wildman–Crippen LogP) is 0.670. The number of rotatable bonds is 6. The highest BCUT2D eigenvalue weighted by Crippen LogP contribution is 2.58. The number of likely N-dealkylation sites (N-methyl/N-ethyl adjacent to an activating group) is 2. The molecule has 0 aromatic heterocycles. The Morgan fingerprint density at radius 3 is 1.95 bits per heavy atom. The van der Waals surface area contributed by atoms with E-state index < -0.39 is 23.2 Å². The molecule has 0 aliphatic heterocycles. The van der Waals surface area contributed by atoms with E-state index in [1.165, 1.54) is 4.90 Å². The van der Waals surface area contributed by atoms with Crippen molar-refractivity contribution in [2.24, 2.45) is 17.3 Å². The van der Waals surface area contributed by atoms with E-state index in [4.69, 9.17) is 5.11 Å². The molecule has 6 heteroatoms. The second kappa shape index (κ2) is 5.81. The van der Waals surface area contributed by atoms with Gasteiger partial charge >= 0.3 is 5.97 Å². The molecule has 0 bridgehead atoms. The largest absolute Gasteiger partial charge is 0.481 e. The topological polar surface area (TPSA) is 77.9 Å². The van der Waals surface area contributed by atoms with Gasteiger partial charge in [-0.2, -0.15) is 0 Å². The Morgan fingerprint density at radius 1 is 1.10 bits per heavy atom. The summed E-state index contributed by atoms with van der Waals surface area (Å²) in [6, 6.07) is 0. The SMILES string of the molecule is CCN(CC)C(=O)CN(C)C(=O)[C@H]1[C@@H](C(=O)O)C1(C)C. The van der Waals surface area contributed by atoms with Crippen molar-refractivity contribution in [2.75, 3.05) is 26.7 Å². The van der Waals surface area contributed by atoms with Gasteiger partial charge in [-0.1, -0.05) is 13.8 Å². The van der Waals surface area contributed by atoms with Crippen molar-refractivity contribution in [1.82, 2.24) is 9.80 Å². The molecule has 1 N–H and O–H groups in total. The van der Waals surface area contributed by atoms with Crippen LogP contribution in [0.25, 0.3) is 0 Å². The molecule has 0 aromatic rings. The summed E-state index contributed by atoms with van der Waals surface area (Å²) in [5.41, 5.74) is -0.532. The minimum absolute atomic E-state index is 0.000563. The van der Waals surface area contributed by atoms with Gasteiger partial charge in [0.1, 0.15) is 0 Å². The zero-order valence-electron chi connectivity index (χ0n) is 12.8. The molecule has 0 radical (unpaired) electrons. The van der Waals surface area contributed by atoms with Gasteiger partial charge < -0.3 is 14.9 Å². The molecule has 2 amide bonds. The van der Waals surface area contributed by atoms with Gasteiger partial charge in [-0.05, 0) is 19.3 Å². The standard InChI is InChI=1S/C14H24N2O4/c1-6-16(7-2)9(17)8-15(5)12(18)10-11(13(19)20)14(10,3)4/h10-11H,6-8H2,1-5H3,(H,19,20)/t10-,11+/m1/s1. The maximum Gasteiger partial charge on any atom is 0.307 e. The second-order valence-corrected chi connectivity index (χ2v) is 5.88. The van der Waals surface area contributed by atoms with Crippen LogP contribution in [0.4, 0.5) is 0 Å². The van der Waals surface area contributed by atoms with Crippen LogP contribution in [0.3, 0.4) is 0 Å². The molecule has 1 saturated carbocycles. The zero-order valence-corrected chi connectivity index (χ0v) is 12.8. The fourth-order valence-corrected chi connectivity index (χ4v) is 2.75. The summed E-state index contributed by atoms with van der Waals surface area (Å²) in [6.45, 7) is 8.51. The first-order valence-corrected chi connectivity index (χ1v) is 6.93. The number of amides is 2. The lowest BCUT2D eigenvalue weighted by Crippen LogP contribution is -2.42. The molecule has 0 aromatic carbocycles. The summed E-state index contributed by atoms with van der Waals surface area (Å²) in [5.74, 6) is -2.51. The molecule has 0 saturated heterocycles. The summed E-state index contributed by atoms with van der Waals surface area (Å²) in [5, 5.41) is 9.09. The highest BCUT2D eigenvalue weighted by molar-refractivity contribution is 5.93. The van der Waals surface area contributed by atoms with Gasteiger partial charge in [0.25, 0.3) is 0 Å². The van der Waals surface area contributed by atoms with Gasteiger partial charge in [0.05, 0.1) is 18.4 Å². The molecule has 1 fully saturated rings. The first-order valence-electron chi connectivity index (χ1n) is 6.93. The first-order chi connectivity index (χ1) is 9.18. The molecule has 20 heavy (non-hydrogen) atoms. The number of aliphatic carboxylic acids is 1. The van der Waals surface area contributed by atoms with E-state index in [9.17, 15) is 14.4 Å². The number of carbonyl (C=O) groups is 3. The minimum atomic E-state index is -0.947. The van der Waals surface area contributed by atoms with Crippen LogP contribution in [-0.4, -0.2) is 59.4 Å². The molecule has 6 nitrogen and oxygen atoms in total. The van der Waals surface area contributed by atoms with Crippen LogP contribution in [0.1, 0.15) is 27.7 Å². The van der Waals surface area contributed by atoms with E-state index in [0.717, 1.165) is 0 Å². The number of carboxylic acids is 1. The van der Waals surface area contributed by atoms with E-state index in [1.807, 2.05) is 13.8 Å². The Labute approximate surface area is 119 Å². The fraction of sp³-hybridized carbons (Fsp3) is 0.786. The summed E-state index contributed by atoms with van der Waals surface area (Å²) in [7, 11) is 1.55. The summed E-state index contributed by atoms with van der Waals surface area (Å²) in [4.78, 5) is 38.3. The van der Waals surface area contributed by atoms with E-state index in [0.29, 0.717) is 13.1 Å². The van der Waals surface area contributed by atoms with Crippen LogP contribution < -0.4 is 0 Å². The molecule has 0 spiro atoms. The Balaban J connectivity index is 2.66. The van der Waals surface area contributed by atoms with Gasteiger partial charge in [-0.25, -0.2) is 0 Å². The number of hydrogen-bond donors (Lipinski definition) is 1. The van der Waals surface area contributed by atoms with Crippen LogP contribution in [0, 0.1) is 17.3 Å². The van der Waals surface area contributed by atoms with Gasteiger partial charge in [-0.15, -0.1) is 0 Å². The second-order valence-electron chi connectivity index (χ2n) is 5.88. The van der Waals surface area contributed by atoms with Gasteiger partial charge in [0.2, 0.25) is 11.8 Å². The first kappa shape index (κ1) is 16.5. The van der Waals surface area contributed by atoms with Crippen molar-refractivity contribution in [2.45, 2.75) is 27.7 Å². The third kappa shape index (κ3) is 2.94. The van der Waals surface area contributed by atoms with Crippen LogP contribution >= 0.6 is 0 Å². The predicted molar refractivity (Wildman–Crippen MR) is 74.0 cm³/mol. The number of nitrogens with zero attached hydrogens (tertiary/aromatic N) is 2. The molecule has 1 rings (SSSR count). The minimum Gasteiger partial charge on any atom is -0.481 e. The Kier molecular flexibility index (Phi) is 4.78. The van der Waals surface area contributed by atoms with Gasteiger partial charge in [0.15, 0.2) is 0 Å². The van der Waals surface area contributed by atoms with Gasteiger partial charge in [0, 0.05) is 20.1 Å². The number of hydrogen-bond acceptors (Lipinski definition) is 3. The lowest BCUT2D eigenvalue weighted by Gasteiger charge is -2.23. The maximum absolute atomic E-state index is 12.3. The Morgan fingerprint density at radius 2 is 1.60 bits per heavy atom. The third-order valence-electron chi connectivity index (χ3n) is 4.22. The molecule has 114 valence electrons. The van der Waals surface area contributed by atoms with Crippen molar-refractivity contribution in [1.29, 1.82) is 0 Å². The van der Waals surface area contributed by atoms with Gasteiger partial charge in [-0.3, -0.25) is 14.4 Å². The lowest BCUT2D eigenvalue weighted by molar-refractivity contribution is -0.143. The van der Waals surface area contributed by atoms with Crippen molar-refractivity contribution in [3.63, 3.8) is 0 Å². The quantitative estimate of drug-likeness (QED) is 0.777. The van der Waals surface area contributed by atoms with Crippen molar-refractivity contribution < 1.29 is 19.5 Å². The van der Waals surface area contributed by atoms with Crippen LogP contribution in [0.5, 0.6) is 0 Å². The van der Waals surface area contributed by atoms with Crippen LogP contribution in [-0.2, 0) is 14.4 Å². The Hall–Kier alpha value is -1.59. The van der Waals surface area contributed by atoms with E-state index in [2.05, 4.69) is 0 Å². The average molecular weight is 284 g/mol. The van der Waals surface area contributed by atoms with E-state index in [1.54, 1.807) is 25.8 Å². The van der Waals surface area contributed by atoms with Crippen molar-refractivity contribution >= 4 is 17.8 Å². The molecule has 1 aliphatic carbocycles. The normalized spacial score (nSPS) is 23.1. The average Bonchev–Trinajstić information content (AvgIpc) is 2.92. The smallest absolute Gasteiger partial charge is 0.307 e. The van der Waals surface area contributed by atoms with Crippen LogP contribution in [0.2, 0.25) is 0 Å². The maximum atomic E-state index is 12.3. The summed E-state index contributed by atoms with van der Waals surface area (Å²) >= 11 is 0. The number of carboxylic acid groups (broad SMARTS) is 1. The number of carbonyl (C=O) groups excluding carboxylic acids is 2. The van der Waals surface area contributed by atoms with Crippen molar-refractivity contribution in [3.8, 4) is 0 Å². The van der Waals surface area contributed by atoms with Crippen molar-refractivity contribution in [3.05, 3.63) is 0 Å². The molecular weight excluding hydrogens is 260 g/mol. The molecule has 2 atom stereocenters. The molecule has 1 aliphatic rings. The Bertz CT molecular complexity index is 415. The highest BCUT2D eigenvalue weighted by atomic mass is 16.4. The van der Waals surface area contributed by atoms with E-state index >= 15 is 0 Å². The lowest BCUT2D eigenvalue weighted by atomic mass is 10.1. The van der Waals surface area contributed by atoms with Crippen LogP contribution in [0.15, 0.2) is 0 Å². The van der Waals surface area contributed by atoms with E-state index in [-0.39, 0.29) is 18.4 Å². The fourth-order valence-electron chi connectivity index (χ4n) is 2.75. The molecular formula is C14H24N2O4. The zero-order chi connectivity index (χ0) is 15.7. The highest BCUT2D eigenvalue weighted by Gasteiger charge is 2.66. The summed E-state index contributed by atoms with van der Waals surface area (Å²) < 4.78 is 0. The third-order valence-corrected chi connectivity index (χ3v) is 4.22.